The number of hydrogen-bond donors (Lipinski definition) is 0. The van der Waals surface area contributed by atoms with Crippen LogP contribution in [0.3, 0.4) is 0 Å². The molecule has 1 aromatic carbocycles. The van der Waals surface area contributed by atoms with Crippen molar-refractivity contribution >= 4 is 27.9 Å². The minimum Gasteiger partial charge on any atom is -0.395 e. The van der Waals surface area contributed by atoms with Crippen LogP contribution in [0.5, 0.6) is 0 Å². The molecule has 4 aromatic heterocycles. The van der Waals surface area contributed by atoms with Gasteiger partial charge in [-0.2, -0.15) is 9.61 Å². The van der Waals surface area contributed by atoms with Crippen LogP contribution in [0, 0.1) is 13.8 Å². The van der Waals surface area contributed by atoms with Gasteiger partial charge in [0, 0.05) is 30.0 Å². The molecular formula is C24H23N5O6. The van der Waals surface area contributed by atoms with Gasteiger partial charge in [0.25, 0.3) is 17.0 Å². The van der Waals surface area contributed by atoms with E-state index < -0.39 is 11.3 Å². The molecule has 35 heavy (non-hydrogen) atoms. The van der Waals surface area contributed by atoms with Crippen LogP contribution < -0.4 is 16.8 Å². The Morgan fingerprint density at radius 3 is 2.46 bits per heavy atom. The van der Waals surface area contributed by atoms with Crippen LogP contribution in [-0.4, -0.2) is 43.9 Å². The molecule has 0 bridgehead atoms. The van der Waals surface area contributed by atoms with Gasteiger partial charge in [-0.3, -0.25) is 9.36 Å². The van der Waals surface area contributed by atoms with Crippen molar-refractivity contribution < 1.29 is 13.4 Å². The molecule has 1 aliphatic heterocycles. The van der Waals surface area contributed by atoms with Gasteiger partial charge in [-0.25, -0.2) is 9.59 Å². The van der Waals surface area contributed by atoms with E-state index in [4.69, 9.17) is 13.4 Å². The lowest BCUT2D eigenvalue weighted by atomic mass is 9.91. The summed E-state index contributed by atoms with van der Waals surface area (Å²) in [7, 11) is 0. The van der Waals surface area contributed by atoms with Crippen LogP contribution in [0.2, 0.25) is 0 Å². The topological polar surface area (TPSA) is 129 Å². The van der Waals surface area contributed by atoms with Crippen LogP contribution >= 0.6 is 0 Å². The summed E-state index contributed by atoms with van der Waals surface area (Å²) in [4.78, 5) is 39.4. The molecule has 11 nitrogen and oxygen atoms in total. The summed E-state index contributed by atoms with van der Waals surface area (Å²) in [5.41, 5.74) is 0.582. The quantitative estimate of drug-likeness (QED) is 0.358. The lowest BCUT2D eigenvalue weighted by molar-refractivity contribution is 0.201. The van der Waals surface area contributed by atoms with Gasteiger partial charge in [0.2, 0.25) is 0 Å². The van der Waals surface area contributed by atoms with Crippen molar-refractivity contribution in [3.8, 4) is 0 Å². The van der Waals surface area contributed by atoms with Crippen LogP contribution in [0.15, 0.2) is 52.0 Å². The summed E-state index contributed by atoms with van der Waals surface area (Å²) in [6.07, 6.45) is 1.83. The van der Waals surface area contributed by atoms with Crippen LogP contribution in [-0.2, 0) is 6.54 Å². The lowest BCUT2D eigenvalue weighted by Gasteiger charge is -2.31. The SMILES string of the molecule is Cc1nn2c(c1C)c(=O)n(CCN1CCC(c3noc4ccccc34)CC1)c1oc(=O)c(=O)oc12. The highest BCUT2D eigenvalue weighted by Gasteiger charge is 2.26. The van der Waals surface area contributed by atoms with Gasteiger partial charge in [-0.15, -0.1) is 0 Å². The maximum Gasteiger partial charge on any atom is 0.424 e. The Balaban J connectivity index is 1.27. The van der Waals surface area contributed by atoms with Gasteiger partial charge in [-0.05, 0) is 51.9 Å². The van der Waals surface area contributed by atoms with E-state index >= 15 is 0 Å². The normalized spacial score (nSPS) is 15.6. The standard InChI is InChI=1S/C24H23N5O6/c1-13-14(2)25-29-19(13)20(30)28(21-22(29)34-24(32)23(31)33-21)12-11-27-9-7-15(8-10-27)18-16-5-3-4-6-17(16)35-26-18/h3-6,15H,7-12H2,1-2H3. The number of rotatable bonds is 4. The molecule has 0 N–H and O–H groups in total. The molecule has 1 aliphatic rings. The van der Waals surface area contributed by atoms with Crippen molar-refractivity contribution in [3.05, 3.63) is 72.4 Å². The molecule has 0 atom stereocenters. The fourth-order valence-electron chi connectivity index (χ4n) is 4.95. The molecule has 0 aliphatic carbocycles. The van der Waals surface area contributed by atoms with Crippen molar-refractivity contribution in [2.24, 2.45) is 0 Å². The third kappa shape index (κ3) is 3.42. The number of piperidine rings is 1. The second kappa shape index (κ2) is 8.05. The molecular weight excluding hydrogens is 454 g/mol. The fraction of sp³-hybridized carbons (Fsp3) is 0.375. The Morgan fingerprint density at radius 2 is 1.69 bits per heavy atom. The lowest BCUT2D eigenvalue weighted by Crippen LogP contribution is -2.37. The summed E-state index contributed by atoms with van der Waals surface area (Å²) in [6.45, 7) is 6.02. The first-order chi connectivity index (χ1) is 16.9. The highest BCUT2D eigenvalue weighted by molar-refractivity contribution is 5.79. The fourth-order valence-corrected chi connectivity index (χ4v) is 4.95. The zero-order chi connectivity index (χ0) is 24.3. The van der Waals surface area contributed by atoms with Gasteiger partial charge < -0.3 is 18.3 Å². The van der Waals surface area contributed by atoms with E-state index in [0.717, 1.165) is 42.6 Å². The van der Waals surface area contributed by atoms with Crippen molar-refractivity contribution in [3.63, 3.8) is 0 Å². The Morgan fingerprint density at radius 1 is 0.971 bits per heavy atom. The predicted molar refractivity (Wildman–Crippen MR) is 126 cm³/mol. The number of fused-ring (bicyclic) bond motifs is 4. The summed E-state index contributed by atoms with van der Waals surface area (Å²) < 4.78 is 18.5. The number of hydrogen-bond acceptors (Lipinski definition) is 9. The number of aromatic nitrogens is 4. The van der Waals surface area contributed by atoms with Crippen LogP contribution in [0.4, 0.5) is 0 Å². The van der Waals surface area contributed by atoms with E-state index in [9.17, 15) is 14.4 Å². The molecule has 0 radical (unpaired) electrons. The number of aryl methyl sites for hydroxylation is 2. The van der Waals surface area contributed by atoms with Crippen molar-refractivity contribution in [1.29, 1.82) is 0 Å². The van der Waals surface area contributed by atoms with E-state index in [1.165, 1.54) is 9.08 Å². The van der Waals surface area contributed by atoms with E-state index in [0.29, 0.717) is 29.2 Å². The molecule has 0 unspecified atom stereocenters. The second-order valence-corrected chi connectivity index (χ2v) is 9.00. The zero-order valence-corrected chi connectivity index (χ0v) is 19.3. The van der Waals surface area contributed by atoms with E-state index in [2.05, 4.69) is 15.2 Å². The average Bonchev–Trinajstić information content (AvgIpc) is 3.42. The Hall–Kier alpha value is -3.99. The second-order valence-electron chi connectivity index (χ2n) is 9.00. The van der Waals surface area contributed by atoms with Crippen LogP contribution in [0.25, 0.3) is 27.9 Å². The number of para-hydroxylation sites is 1. The van der Waals surface area contributed by atoms with Crippen molar-refractivity contribution in [2.45, 2.75) is 39.2 Å². The molecule has 6 rings (SSSR count). The number of likely N-dealkylation sites (tertiary alicyclic amines) is 1. The largest absolute Gasteiger partial charge is 0.424 e. The summed E-state index contributed by atoms with van der Waals surface area (Å²) in [5, 5.41) is 9.67. The molecule has 0 saturated carbocycles. The minimum atomic E-state index is -1.16. The van der Waals surface area contributed by atoms with Gasteiger partial charge >= 0.3 is 11.3 Å². The molecule has 11 heteroatoms. The minimum absolute atomic E-state index is 0.0583. The molecule has 1 saturated heterocycles. The first kappa shape index (κ1) is 21.5. The Bertz CT molecular complexity index is 1760. The predicted octanol–water partition coefficient (Wildman–Crippen LogP) is 2.19. The van der Waals surface area contributed by atoms with E-state index in [1.54, 1.807) is 13.8 Å². The Labute approximate surface area is 197 Å². The zero-order valence-electron chi connectivity index (χ0n) is 19.3. The Kier molecular flexibility index (Phi) is 4.95. The highest BCUT2D eigenvalue weighted by Crippen LogP contribution is 2.32. The first-order valence-corrected chi connectivity index (χ1v) is 11.6. The molecule has 180 valence electrons. The van der Waals surface area contributed by atoms with Crippen molar-refractivity contribution in [1.82, 2.24) is 24.2 Å². The first-order valence-electron chi connectivity index (χ1n) is 11.6. The smallest absolute Gasteiger partial charge is 0.395 e. The monoisotopic (exact) mass is 477 g/mol. The van der Waals surface area contributed by atoms with E-state index in [1.807, 2.05) is 24.3 Å². The molecule has 0 spiro atoms. The van der Waals surface area contributed by atoms with Crippen molar-refractivity contribution in [2.75, 3.05) is 19.6 Å². The maximum atomic E-state index is 13.4. The molecule has 1 fully saturated rings. The third-order valence-electron chi connectivity index (χ3n) is 6.99. The summed E-state index contributed by atoms with van der Waals surface area (Å²) in [6, 6.07) is 7.88. The molecule has 5 aromatic rings. The van der Waals surface area contributed by atoms with E-state index in [-0.39, 0.29) is 23.5 Å². The summed E-state index contributed by atoms with van der Waals surface area (Å²) in [5.74, 6) is 0.305. The highest BCUT2D eigenvalue weighted by atomic mass is 16.5. The molecule has 0 amide bonds. The number of benzene rings is 1. The van der Waals surface area contributed by atoms with Gasteiger partial charge in [0.1, 0.15) is 5.52 Å². The van der Waals surface area contributed by atoms with Gasteiger partial charge in [0.05, 0.1) is 11.4 Å². The average molecular weight is 477 g/mol. The van der Waals surface area contributed by atoms with Crippen LogP contribution in [0.1, 0.15) is 35.7 Å². The molecule has 5 heterocycles. The number of nitrogens with zero attached hydrogens (tertiary/aromatic N) is 5. The third-order valence-corrected chi connectivity index (χ3v) is 6.99. The van der Waals surface area contributed by atoms with Gasteiger partial charge in [-0.1, -0.05) is 17.3 Å². The summed E-state index contributed by atoms with van der Waals surface area (Å²) >= 11 is 0. The van der Waals surface area contributed by atoms with Gasteiger partial charge in [0.15, 0.2) is 5.58 Å². The maximum absolute atomic E-state index is 13.4.